The second-order valence-electron chi connectivity index (χ2n) is 4.14. The third-order valence-electron chi connectivity index (χ3n) is 2.64. The molecule has 2 rings (SSSR count). The number of methoxy groups -OCH3 is 1. The lowest BCUT2D eigenvalue weighted by molar-refractivity contribution is 0.0937. The van der Waals surface area contributed by atoms with Gasteiger partial charge in [-0.1, -0.05) is 0 Å². The van der Waals surface area contributed by atoms with Gasteiger partial charge >= 0.3 is 0 Å². The number of amides is 1. The summed E-state index contributed by atoms with van der Waals surface area (Å²) in [7, 11) is 1.59. The van der Waals surface area contributed by atoms with Gasteiger partial charge < -0.3 is 19.8 Å². The van der Waals surface area contributed by atoms with Crippen LogP contribution in [0.15, 0.2) is 41.3 Å². The molecule has 6 heteroatoms. The van der Waals surface area contributed by atoms with Gasteiger partial charge in [-0.25, -0.2) is 0 Å². The number of nitrogens with zero attached hydrogens (tertiary/aromatic N) is 1. The van der Waals surface area contributed by atoms with Gasteiger partial charge in [0.2, 0.25) is 0 Å². The summed E-state index contributed by atoms with van der Waals surface area (Å²) in [5.74, 6) is 0.649. The molecule has 0 saturated heterocycles. The molecule has 2 N–H and O–H groups in total. The van der Waals surface area contributed by atoms with E-state index in [2.05, 4.69) is 15.6 Å². The van der Waals surface area contributed by atoms with Crippen LogP contribution in [0.5, 0.6) is 0 Å². The van der Waals surface area contributed by atoms with Crippen LogP contribution in [-0.2, 0) is 11.3 Å². The smallest absolute Gasteiger partial charge is 0.253 e. The van der Waals surface area contributed by atoms with Crippen LogP contribution in [0.25, 0.3) is 0 Å². The molecule has 0 aliphatic carbocycles. The Labute approximate surface area is 117 Å². The van der Waals surface area contributed by atoms with Crippen LogP contribution in [0.4, 0.5) is 5.69 Å². The molecule has 1 amide bonds. The number of furan rings is 1. The van der Waals surface area contributed by atoms with Crippen molar-refractivity contribution in [1.82, 2.24) is 10.3 Å². The zero-order valence-electron chi connectivity index (χ0n) is 11.3. The van der Waals surface area contributed by atoms with Crippen LogP contribution in [0.3, 0.4) is 0 Å². The van der Waals surface area contributed by atoms with Crippen molar-refractivity contribution in [1.29, 1.82) is 0 Å². The summed E-state index contributed by atoms with van der Waals surface area (Å²) in [5.41, 5.74) is 1.27. The third kappa shape index (κ3) is 4.10. The van der Waals surface area contributed by atoms with Gasteiger partial charge in [-0.05, 0) is 18.2 Å². The molecule has 0 aliphatic rings. The summed E-state index contributed by atoms with van der Waals surface area (Å²) in [6.45, 7) is 1.50. The highest BCUT2D eigenvalue weighted by atomic mass is 16.5. The average molecular weight is 275 g/mol. The molecule has 106 valence electrons. The molecule has 2 aromatic heterocycles. The van der Waals surface area contributed by atoms with Gasteiger partial charge in [0.05, 0.1) is 30.7 Å². The lowest BCUT2D eigenvalue weighted by Gasteiger charge is -2.07. The lowest BCUT2D eigenvalue weighted by atomic mass is 10.2. The Balaban J connectivity index is 1.91. The number of aromatic nitrogens is 1. The molecule has 2 heterocycles. The van der Waals surface area contributed by atoms with Crippen molar-refractivity contribution in [3.05, 3.63) is 48.2 Å². The molecule has 0 aromatic carbocycles. The predicted octanol–water partition coefficient (Wildman–Crippen LogP) is 1.66. The standard InChI is InChI=1S/C14H17N3O3/c1-19-6-4-16-14(18)11-7-12(9-15-8-11)17-10-13-3-2-5-20-13/h2-3,5,7-9,17H,4,6,10H2,1H3,(H,16,18). The SMILES string of the molecule is COCCNC(=O)c1cncc(NCc2ccco2)c1. The van der Waals surface area contributed by atoms with Crippen LogP contribution < -0.4 is 10.6 Å². The van der Waals surface area contributed by atoms with Gasteiger partial charge in [0.25, 0.3) is 5.91 Å². The summed E-state index contributed by atoms with van der Waals surface area (Å²) >= 11 is 0. The molecular formula is C14H17N3O3. The van der Waals surface area contributed by atoms with E-state index in [1.165, 1.54) is 6.20 Å². The maximum absolute atomic E-state index is 11.9. The number of carbonyl (C=O) groups excluding carboxylic acids is 1. The van der Waals surface area contributed by atoms with Gasteiger partial charge in [-0.15, -0.1) is 0 Å². The summed E-state index contributed by atoms with van der Waals surface area (Å²) < 4.78 is 10.1. The van der Waals surface area contributed by atoms with Crippen LogP contribution in [0.2, 0.25) is 0 Å². The molecule has 0 atom stereocenters. The summed E-state index contributed by atoms with van der Waals surface area (Å²) in [4.78, 5) is 15.9. The summed E-state index contributed by atoms with van der Waals surface area (Å²) in [6.07, 6.45) is 4.81. The first-order valence-electron chi connectivity index (χ1n) is 6.28. The van der Waals surface area contributed by atoms with Crippen LogP contribution in [0, 0.1) is 0 Å². The Morgan fingerprint density at radius 3 is 3.10 bits per heavy atom. The molecule has 0 spiro atoms. The zero-order valence-corrected chi connectivity index (χ0v) is 11.3. The van der Waals surface area contributed by atoms with Crippen molar-refractivity contribution in [2.45, 2.75) is 6.54 Å². The van der Waals surface area contributed by atoms with Gasteiger partial charge in [0.1, 0.15) is 5.76 Å². The van der Waals surface area contributed by atoms with Crippen LogP contribution in [0.1, 0.15) is 16.1 Å². The average Bonchev–Trinajstić information content (AvgIpc) is 2.99. The lowest BCUT2D eigenvalue weighted by Crippen LogP contribution is -2.27. The quantitative estimate of drug-likeness (QED) is 0.752. The molecule has 0 radical (unpaired) electrons. The van der Waals surface area contributed by atoms with Gasteiger partial charge in [-0.2, -0.15) is 0 Å². The van der Waals surface area contributed by atoms with E-state index in [0.717, 1.165) is 11.4 Å². The van der Waals surface area contributed by atoms with Crippen molar-refractivity contribution in [2.75, 3.05) is 25.6 Å². The highest BCUT2D eigenvalue weighted by molar-refractivity contribution is 5.94. The molecular weight excluding hydrogens is 258 g/mol. The first-order valence-corrected chi connectivity index (χ1v) is 6.28. The van der Waals surface area contributed by atoms with Gasteiger partial charge in [-0.3, -0.25) is 9.78 Å². The topological polar surface area (TPSA) is 76.4 Å². The van der Waals surface area contributed by atoms with Crippen molar-refractivity contribution < 1.29 is 13.9 Å². The molecule has 0 bridgehead atoms. The van der Waals surface area contributed by atoms with Crippen LogP contribution >= 0.6 is 0 Å². The van der Waals surface area contributed by atoms with E-state index < -0.39 is 0 Å². The Morgan fingerprint density at radius 1 is 1.45 bits per heavy atom. The molecule has 20 heavy (non-hydrogen) atoms. The molecule has 2 aromatic rings. The molecule has 0 unspecified atom stereocenters. The second kappa shape index (κ2) is 7.30. The highest BCUT2D eigenvalue weighted by Crippen LogP contribution is 2.10. The Bertz CT molecular complexity index is 540. The number of carbonyl (C=O) groups is 1. The number of nitrogens with one attached hydrogen (secondary N) is 2. The number of hydrogen-bond donors (Lipinski definition) is 2. The fourth-order valence-corrected chi connectivity index (χ4v) is 1.63. The number of pyridine rings is 1. The van der Waals surface area contributed by atoms with Gasteiger partial charge in [0, 0.05) is 26.0 Å². The molecule has 0 aliphatic heterocycles. The van der Waals surface area contributed by atoms with Crippen molar-refractivity contribution in [2.24, 2.45) is 0 Å². The zero-order chi connectivity index (χ0) is 14.2. The summed E-state index contributed by atoms with van der Waals surface area (Å²) in [5, 5.41) is 5.90. The second-order valence-corrected chi connectivity index (χ2v) is 4.14. The predicted molar refractivity (Wildman–Crippen MR) is 74.5 cm³/mol. The van der Waals surface area contributed by atoms with Crippen molar-refractivity contribution in [3.63, 3.8) is 0 Å². The first-order chi connectivity index (χ1) is 9.79. The number of anilines is 1. The number of hydrogen-bond acceptors (Lipinski definition) is 5. The maximum Gasteiger partial charge on any atom is 0.253 e. The first kappa shape index (κ1) is 14.1. The Hall–Kier alpha value is -2.34. The van der Waals surface area contributed by atoms with E-state index in [1.807, 2.05) is 12.1 Å². The fraction of sp³-hybridized carbons (Fsp3) is 0.286. The minimum atomic E-state index is -0.170. The molecule has 0 fully saturated rings. The van der Waals surface area contributed by atoms with Crippen molar-refractivity contribution in [3.8, 4) is 0 Å². The summed E-state index contributed by atoms with van der Waals surface area (Å²) in [6, 6.07) is 5.45. The third-order valence-corrected chi connectivity index (χ3v) is 2.64. The van der Waals surface area contributed by atoms with Gasteiger partial charge in [0.15, 0.2) is 0 Å². The van der Waals surface area contributed by atoms with E-state index in [4.69, 9.17) is 9.15 Å². The Morgan fingerprint density at radius 2 is 2.35 bits per heavy atom. The number of ether oxygens (including phenoxy) is 1. The van der Waals surface area contributed by atoms with Crippen LogP contribution in [-0.4, -0.2) is 31.2 Å². The highest BCUT2D eigenvalue weighted by Gasteiger charge is 2.06. The minimum Gasteiger partial charge on any atom is -0.467 e. The monoisotopic (exact) mass is 275 g/mol. The molecule has 6 nitrogen and oxygen atoms in total. The maximum atomic E-state index is 11.9. The largest absolute Gasteiger partial charge is 0.467 e. The molecule has 0 saturated carbocycles. The fourth-order valence-electron chi connectivity index (χ4n) is 1.63. The van der Waals surface area contributed by atoms with E-state index in [-0.39, 0.29) is 5.91 Å². The van der Waals surface area contributed by atoms with E-state index >= 15 is 0 Å². The normalized spacial score (nSPS) is 10.2. The number of rotatable bonds is 7. The van der Waals surface area contributed by atoms with Crippen molar-refractivity contribution >= 4 is 11.6 Å². The van der Waals surface area contributed by atoms with E-state index in [9.17, 15) is 4.79 Å². The van der Waals surface area contributed by atoms with E-state index in [1.54, 1.807) is 25.6 Å². The van der Waals surface area contributed by atoms with E-state index in [0.29, 0.717) is 25.3 Å². The Kier molecular flexibility index (Phi) is 5.14. The minimum absolute atomic E-state index is 0.170.